The SMILES string of the molecule is CCCc1nc2c(n1CCC1CCCCO1)CCNC2. The Hall–Kier alpha value is -0.870. The number of ether oxygens (including phenoxy) is 1. The van der Waals surface area contributed by atoms with E-state index in [9.17, 15) is 0 Å². The summed E-state index contributed by atoms with van der Waals surface area (Å²) in [6, 6.07) is 0. The van der Waals surface area contributed by atoms with Crippen molar-refractivity contribution >= 4 is 0 Å². The minimum Gasteiger partial charge on any atom is -0.378 e. The second-order valence-electron chi connectivity index (χ2n) is 6.03. The van der Waals surface area contributed by atoms with E-state index in [2.05, 4.69) is 16.8 Å². The molecule has 1 unspecified atom stereocenters. The molecule has 1 saturated heterocycles. The van der Waals surface area contributed by atoms with E-state index in [4.69, 9.17) is 9.72 Å². The van der Waals surface area contributed by atoms with Crippen molar-refractivity contribution in [2.45, 2.75) is 71.1 Å². The van der Waals surface area contributed by atoms with Crippen LogP contribution in [0.5, 0.6) is 0 Å². The van der Waals surface area contributed by atoms with Crippen molar-refractivity contribution in [3.05, 3.63) is 17.2 Å². The summed E-state index contributed by atoms with van der Waals surface area (Å²) in [5, 5.41) is 3.43. The van der Waals surface area contributed by atoms with Gasteiger partial charge in [-0.25, -0.2) is 4.98 Å². The highest BCUT2D eigenvalue weighted by Gasteiger charge is 2.20. The first kappa shape index (κ1) is 14.1. The molecule has 0 radical (unpaired) electrons. The summed E-state index contributed by atoms with van der Waals surface area (Å²) in [5.74, 6) is 1.29. The van der Waals surface area contributed by atoms with Gasteiger partial charge in [0, 0.05) is 44.8 Å². The lowest BCUT2D eigenvalue weighted by Gasteiger charge is -2.24. The van der Waals surface area contributed by atoms with Gasteiger partial charge in [-0.1, -0.05) is 6.92 Å². The first-order chi connectivity index (χ1) is 9.88. The third-order valence-corrected chi connectivity index (χ3v) is 4.49. The Labute approximate surface area is 121 Å². The fourth-order valence-corrected chi connectivity index (χ4v) is 3.41. The molecule has 1 aromatic heterocycles. The Kier molecular flexibility index (Phi) is 4.73. The quantitative estimate of drug-likeness (QED) is 0.898. The largest absolute Gasteiger partial charge is 0.378 e. The fourth-order valence-electron chi connectivity index (χ4n) is 3.41. The molecule has 4 nitrogen and oxygen atoms in total. The summed E-state index contributed by atoms with van der Waals surface area (Å²) in [6.45, 7) is 6.31. The number of nitrogens with one attached hydrogen (secondary N) is 1. The number of aromatic nitrogens is 2. The first-order valence-electron chi connectivity index (χ1n) is 8.28. The van der Waals surface area contributed by atoms with Gasteiger partial charge in [0.2, 0.25) is 0 Å². The number of aryl methyl sites for hydroxylation is 1. The second-order valence-corrected chi connectivity index (χ2v) is 6.03. The maximum Gasteiger partial charge on any atom is 0.109 e. The van der Waals surface area contributed by atoms with Crippen LogP contribution in [0.25, 0.3) is 0 Å². The zero-order chi connectivity index (χ0) is 13.8. The van der Waals surface area contributed by atoms with E-state index in [1.54, 1.807) is 0 Å². The van der Waals surface area contributed by atoms with Gasteiger partial charge in [0.15, 0.2) is 0 Å². The molecule has 3 heterocycles. The molecule has 2 aliphatic rings. The van der Waals surface area contributed by atoms with Crippen LogP contribution in [0, 0.1) is 0 Å². The van der Waals surface area contributed by atoms with Gasteiger partial charge in [0.25, 0.3) is 0 Å². The third-order valence-electron chi connectivity index (χ3n) is 4.49. The zero-order valence-electron chi connectivity index (χ0n) is 12.7. The van der Waals surface area contributed by atoms with Crippen LogP contribution in [0.3, 0.4) is 0 Å². The van der Waals surface area contributed by atoms with Crippen molar-refractivity contribution in [3.63, 3.8) is 0 Å². The van der Waals surface area contributed by atoms with E-state index in [0.29, 0.717) is 6.10 Å². The summed E-state index contributed by atoms with van der Waals surface area (Å²) < 4.78 is 8.37. The number of rotatable bonds is 5. The maximum atomic E-state index is 5.87. The Morgan fingerprint density at radius 1 is 1.40 bits per heavy atom. The second kappa shape index (κ2) is 6.72. The topological polar surface area (TPSA) is 39.1 Å². The highest BCUT2D eigenvalue weighted by molar-refractivity contribution is 5.20. The average molecular weight is 277 g/mol. The summed E-state index contributed by atoms with van der Waals surface area (Å²) in [4.78, 5) is 4.86. The molecule has 0 aliphatic carbocycles. The summed E-state index contributed by atoms with van der Waals surface area (Å²) in [6.07, 6.45) is 8.81. The van der Waals surface area contributed by atoms with Crippen LogP contribution >= 0.6 is 0 Å². The molecule has 1 fully saturated rings. The predicted octanol–water partition coefficient (Wildman–Crippen LogP) is 2.44. The summed E-state index contributed by atoms with van der Waals surface area (Å²) in [5.41, 5.74) is 2.76. The average Bonchev–Trinajstić information content (AvgIpc) is 2.84. The molecule has 112 valence electrons. The Balaban J connectivity index is 1.71. The molecular formula is C16H27N3O. The van der Waals surface area contributed by atoms with Crippen LogP contribution in [0.15, 0.2) is 0 Å². The molecule has 0 aromatic carbocycles. The van der Waals surface area contributed by atoms with Crippen LogP contribution in [-0.4, -0.2) is 28.8 Å². The van der Waals surface area contributed by atoms with Gasteiger partial charge < -0.3 is 14.6 Å². The number of hydrogen-bond donors (Lipinski definition) is 1. The van der Waals surface area contributed by atoms with Crippen LogP contribution in [0.4, 0.5) is 0 Å². The number of hydrogen-bond acceptors (Lipinski definition) is 3. The number of fused-ring (bicyclic) bond motifs is 1. The van der Waals surface area contributed by atoms with Crippen molar-refractivity contribution in [2.24, 2.45) is 0 Å². The van der Waals surface area contributed by atoms with Crippen molar-refractivity contribution in [1.29, 1.82) is 0 Å². The Bertz CT molecular complexity index is 435. The monoisotopic (exact) mass is 277 g/mol. The van der Waals surface area contributed by atoms with Crippen LogP contribution in [0.1, 0.15) is 56.2 Å². The van der Waals surface area contributed by atoms with Gasteiger partial charge >= 0.3 is 0 Å². The lowest BCUT2D eigenvalue weighted by molar-refractivity contribution is 0.00858. The molecule has 0 spiro atoms. The Morgan fingerprint density at radius 3 is 3.15 bits per heavy atom. The summed E-state index contributed by atoms with van der Waals surface area (Å²) in [7, 11) is 0. The fraction of sp³-hybridized carbons (Fsp3) is 0.812. The van der Waals surface area contributed by atoms with E-state index in [1.165, 1.54) is 42.9 Å². The van der Waals surface area contributed by atoms with Crippen molar-refractivity contribution in [3.8, 4) is 0 Å². The van der Waals surface area contributed by atoms with Gasteiger partial charge in [-0.3, -0.25) is 0 Å². The Morgan fingerprint density at radius 2 is 2.35 bits per heavy atom. The molecule has 1 atom stereocenters. The maximum absolute atomic E-state index is 5.87. The molecule has 0 saturated carbocycles. The molecule has 3 rings (SSSR count). The first-order valence-corrected chi connectivity index (χ1v) is 8.28. The molecule has 1 aromatic rings. The molecule has 2 aliphatic heterocycles. The summed E-state index contributed by atoms with van der Waals surface area (Å²) >= 11 is 0. The third kappa shape index (κ3) is 3.07. The molecule has 20 heavy (non-hydrogen) atoms. The van der Waals surface area contributed by atoms with E-state index in [-0.39, 0.29) is 0 Å². The van der Waals surface area contributed by atoms with Gasteiger partial charge in [-0.2, -0.15) is 0 Å². The molecular weight excluding hydrogens is 250 g/mol. The smallest absolute Gasteiger partial charge is 0.109 e. The van der Waals surface area contributed by atoms with Crippen molar-refractivity contribution in [2.75, 3.05) is 13.2 Å². The minimum absolute atomic E-state index is 0.470. The zero-order valence-corrected chi connectivity index (χ0v) is 12.7. The van der Waals surface area contributed by atoms with E-state index in [0.717, 1.165) is 45.5 Å². The molecule has 4 heteroatoms. The highest BCUT2D eigenvalue weighted by Crippen LogP contribution is 2.21. The minimum atomic E-state index is 0.470. The lowest BCUT2D eigenvalue weighted by Crippen LogP contribution is -2.26. The van der Waals surface area contributed by atoms with Gasteiger partial charge in [0.1, 0.15) is 5.82 Å². The number of imidazole rings is 1. The molecule has 0 amide bonds. The van der Waals surface area contributed by atoms with E-state index in [1.807, 2.05) is 0 Å². The van der Waals surface area contributed by atoms with Crippen molar-refractivity contribution < 1.29 is 4.74 Å². The highest BCUT2D eigenvalue weighted by atomic mass is 16.5. The van der Waals surface area contributed by atoms with Crippen LogP contribution < -0.4 is 5.32 Å². The van der Waals surface area contributed by atoms with Gasteiger partial charge in [0.05, 0.1) is 11.8 Å². The van der Waals surface area contributed by atoms with Gasteiger partial charge in [-0.15, -0.1) is 0 Å². The standard InChI is InChI=1S/C16H27N3O/c1-2-5-16-18-14-12-17-9-7-15(14)19(16)10-8-13-6-3-4-11-20-13/h13,17H,2-12H2,1H3. The van der Waals surface area contributed by atoms with Crippen LogP contribution in [-0.2, 0) is 30.7 Å². The van der Waals surface area contributed by atoms with Gasteiger partial charge in [-0.05, 0) is 32.1 Å². The van der Waals surface area contributed by atoms with Crippen molar-refractivity contribution in [1.82, 2.24) is 14.9 Å². The predicted molar refractivity (Wildman–Crippen MR) is 79.8 cm³/mol. The van der Waals surface area contributed by atoms with E-state index < -0.39 is 0 Å². The number of nitrogens with zero attached hydrogens (tertiary/aromatic N) is 2. The lowest BCUT2D eigenvalue weighted by atomic mass is 10.1. The molecule has 0 bridgehead atoms. The van der Waals surface area contributed by atoms with Crippen LogP contribution in [0.2, 0.25) is 0 Å². The van der Waals surface area contributed by atoms with E-state index >= 15 is 0 Å². The normalized spacial score (nSPS) is 22.8. The molecule has 1 N–H and O–H groups in total.